The molecule has 1 N–H and O–H groups in total. The van der Waals surface area contributed by atoms with Gasteiger partial charge in [0.05, 0.1) is 10.5 Å². The average molecular weight is 316 g/mol. The summed E-state index contributed by atoms with van der Waals surface area (Å²) >= 11 is 5.48. The third-order valence-electron chi connectivity index (χ3n) is 2.36. The maximum absolute atomic E-state index is 12.8. The summed E-state index contributed by atoms with van der Waals surface area (Å²) in [5, 5.41) is -0.167. The van der Waals surface area contributed by atoms with Crippen LogP contribution in [0.1, 0.15) is 25.3 Å². The Bertz CT molecular complexity index is 543. The fourth-order valence-electron chi connectivity index (χ4n) is 1.42. The second-order valence-electron chi connectivity index (χ2n) is 3.89. The topological polar surface area (TPSA) is 46.2 Å². The van der Waals surface area contributed by atoms with Gasteiger partial charge in [0.15, 0.2) is 0 Å². The Balaban J connectivity index is 3.19. The van der Waals surface area contributed by atoms with Crippen molar-refractivity contribution in [3.05, 3.63) is 28.8 Å². The Morgan fingerprint density at radius 2 is 1.95 bits per heavy atom. The minimum Gasteiger partial charge on any atom is -0.211 e. The monoisotopic (exact) mass is 315 g/mol. The number of unbranched alkanes of at least 4 members (excludes halogenated alkanes) is 1. The zero-order valence-electron chi connectivity index (χ0n) is 10.1. The summed E-state index contributed by atoms with van der Waals surface area (Å²) in [5.41, 5.74) is -1.26. The van der Waals surface area contributed by atoms with E-state index in [1.807, 2.05) is 6.92 Å². The van der Waals surface area contributed by atoms with Gasteiger partial charge in [-0.15, -0.1) is 0 Å². The number of rotatable bonds is 5. The van der Waals surface area contributed by atoms with Crippen LogP contribution in [0.2, 0.25) is 5.02 Å². The second kappa shape index (κ2) is 6.11. The lowest BCUT2D eigenvalue weighted by Crippen LogP contribution is -2.27. The molecule has 0 atom stereocenters. The highest BCUT2D eigenvalue weighted by molar-refractivity contribution is 7.89. The van der Waals surface area contributed by atoms with Crippen LogP contribution in [0.4, 0.5) is 13.2 Å². The van der Waals surface area contributed by atoms with E-state index in [1.54, 1.807) is 0 Å². The van der Waals surface area contributed by atoms with Gasteiger partial charge in [-0.2, -0.15) is 13.2 Å². The molecule has 0 aliphatic heterocycles. The largest absolute Gasteiger partial charge is 0.417 e. The van der Waals surface area contributed by atoms with Gasteiger partial charge in [-0.25, -0.2) is 13.1 Å². The van der Waals surface area contributed by atoms with Gasteiger partial charge in [0, 0.05) is 11.6 Å². The quantitative estimate of drug-likeness (QED) is 0.846. The zero-order chi connectivity index (χ0) is 14.7. The van der Waals surface area contributed by atoms with E-state index in [-0.39, 0.29) is 11.6 Å². The summed E-state index contributed by atoms with van der Waals surface area (Å²) in [4.78, 5) is -0.805. The Hall–Kier alpha value is -0.790. The third kappa shape index (κ3) is 4.36. The summed E-state index contributed by atoms with van der Waals surface area (Å²) in [6.07, 6.45) is -3.50. The Kier molecular flexibility index (Phi) is 5.23. The Morgan fingerprint density at radius 1 is 1.32 bits per heavy atom. The van der Waals surface area contributed by atoms with Gasteiger partial charge in [-0.05, 0) is 24.6 Å². The molecule has 1 aromatic rings. The van der Waals surface area contributed by atoms with E-state index in [2.05, 4.69) is 4.72 Å². The highest BCUT2D eigenvalue weighted by atomic mass is 35.5. The molecule has 0 spiro atoms. The molecule has 0 radical (unpaired) electrons. The lowest BCUT2D eigenvalue weighted by molar-refractivity contribution is -0.139. The summed E-state index contributed by atoms with van der Waals surface area (Å²) in [6, 6.07) is 2.58. The van der Waals surface area contributed by atoms with E-state index >= 15 is 0 Å². The number of halogens is 4. The minimum atomic E-state index is -4.78. The lowest BCUT2D eigenvalue weighted by atomic mass is 10.2. The molecule has 0 saturated heterocycles. The van der Waals surface area contributed by atoms with E-state index in [0.717, 1.165) is 18.6 Å². The fourth-order valence-corrected chi connectivity index (χ4v) is 2.87. The van der Waals surface area contributed by atoms with Crippen LogP contribution in [0.25, 0.3) is 0 Å². The number of sulfonamides is 1. The van der Waals surface area contributed by atoms with Gasteiger partial charge in [-0.1, -0.05) is 24.9 Å². The van der Waals surface area contributed by atoms with E-state index in [1.165, 1.54) is 0 Å². The zero-order valence-corrected chi connectivity index (χ0v) is 11.7. The Labute approximate surface area is 114 Å². The van der Waals surface area contributed by atoms with Crippen molar-refractivity contribution in [1.29, 1.82) is 0 Å². The van der Waals surface area contributed by atoms with Crippen molar-refractivity contribution >= 4 is 21.6 Å². The number of hydrogen-bond acceptors (Lipinski definition) is 2. The molecular weight excluding hydrogens is 303 g/mol. The molecule has 0 bridgehead atoms. The van der Waals surface area contributed by atoms with Crippen LogP contribution in [0.15, 0.2) is 23.1 Å². The van der Waals surface area contributed by atoms with Crippen LogP contribution < -0.4 is 4.72 Å². The summed E-state index contributed by atoms with van der Waals surface area (Å²) in [6.45, 7) is 1.94. The number of nitrogens with one attached hydrogen (secondary N) is 1. The SMILES string of the molecule is CCCCNS(=O)(=O)c1ccc(Cl)cc1C(F)(F)F. The number of alkyl halides is 3. The molecule has 0 unspecified atom stereocenters. The maximum atomic E-state index is 12.8. The Morgan fingerprint density at radius 3 is 2.47 bits per heavy atom. The highest BCUT2D eigenvalue weighted by Crippen LogP contribution is 2.35. The van der Waals surface area contributed by atoms with Crippen molar-refractivity contribution in [2.24, 2.45) is 0 Å². The molecule has 1 aromatic carbocycles. The van der Waals surface area contributed by atoms with Gasteiger partial charge in [0.1, 0.15) is 0 Å². The van der Waals surface area contributed by atoms with E-state index in [0.29, 0.717) is 12.5 Å². The predicted octanol–water partition coefficient (Wildman–Crippen LogP) is 3.44. The van der Waals surface area contributed by atoms with E-state index < -0.39 is 26.7 Å². The summed E-state index contributed by atoms with van der Waals surface area (Å²) in [5.74, 6) is 0. The van der Waals surface area contributed by atoms with Gasteiger partial charge >= 0.3 is 6.18 Å². The van der Waals surface area contributed by atoms with E-state index in [4.69, 9.17) is 11.6 Å². The molecule has 108 valence electrons. The van der Waals surface area contributed by atoms with Crippen molar-refractivity contribution in [2.75, 3.05) is 6.54 Å². The second-order valence-corrected chi connectivity index (χ2v) is 6.06. The normalized spacial score (nSPS) is 12.7. The summed E-state index contributed by atoms with van der Waals surface area (Å²) < 4.78 is 64.2. The van der Waals surface area contributed by atoms with Crippen LogP contribution in [0, 0.1) is 0 Å². The molecule has 3 nitrogen and oxygen atoms in total. The highest BCUT2D eigenvalue weighted by Gasteiger charge is 2.37. The summed E-state index contributed by atoms with van der Waals surface area (Å²) in [7, 11) is -4.19. The molecule has 0 fully saturated rings. The van der Waals surface area contributed by atoms with Crippen LogP contribution in [-0.4, -0.2) is 15.0 Å². The molecule has 0 saturated carbocycles. The van der Waals surface area contributed by atoms with Crippen molar-refractivity contribution in [3.63, 3.8) is 0 Å². The van der Waals surface area contributed by atoms with Crippen molar-refractivity contribution < 1.29 is 21.6 Å². The number of benzene rings is 1. The molecule has 19 heavy (non-hydrogen) atoms. The molecule has 0 heterocycles. The van der Waals surface area contributed by atoms with Crippen LogP contribution in [0.3, 0.4) is 0 Å². The predicted molar refractivity (Wildman–Crippen MR) is 66.6 cm³/mol. The third-order valence-corrected chi connectivity index (χ3v) is 4.11. The minimum absolute atomic E-state index is 0.0960. The standard InChI is InChI=1S/C11H13ClF3NO2S/c1-2-3-6-16-19(17,18)10-5-4-8(12)7-9(10)11(13,14)15/h4-5,7,16H,2-3,6H2,1H3. The number of hydrogen-bond donors (Lipinski definition) is 1. The van der Waals surface area contributed by atoms with Gasteiger partial charge in [0.25, 0.3) is 0 Å². The van der Waals surface area contributed by atoms with E-state index in [9.17, 15) is 21.6 Å². The molecule has 8 heteroatoms. The fraction of sp³-hybridized carbons (Fsp3) is 0.455. The van der Waals surface area contributed by atoms with Crippen molar-refractivity contribution in [1.82, 2.24) is 4.72 Å². The van der Waals surface area contributed by atoms with Crippen LogP contribution in [-0.2, 0) is 16.2 Å². The van der Waals surface area contributed by atoms with Gasteiger partial charge in [-0.3, -0.25) is 0 Å². The molecule has 0 amide bonds. The first kappa shape index (κ1) is 16.3. The molecule has 0 aliphatic rings. The van der Waals surface area contributed by atoms with Gasteiger partial charge in [0.2, 0.25) is 10.0 Å². The first-order valence-electron chi connectivity index (χ1n) is 5.55. The van der Waals surface area contributed by atoms with Crippen molar-refractivity contribution in [3.8, 4) is 0 Å². The average Bonchev–Trinajstić information content (AvgIpc) is 2.27. The smallest absolute Gasteiger partial charge is 0.211 e. The van der Waals surface area contributed by atoms with Crippen LogP contribution in [0.5, 0.6) is 0 Å². The van der Waals surface area contributed by atoms with Crippen molar-refractivity contribution in [2.45, 2.75) is 30.8 Å². The molecule has 0 aromatic heterocycles. The molecule has 0 aliphatic carbocycles. The molecular formula is C11H13ClF3NO2S. The van der Waals surface area contributed by atoms with Gasteiger partial charge < -0.3 is 0 Å². The maximum Gasteiger partial charge on any atom is 0.417 e. The first-order chi connectivity index (χ1) is 8.68. The lowest BCUT2D eigenvalue weighted by Gasteiger charge is -2.14. The van der Waals surface area contributed by atoms with Crippen LogP contribution >= 0.6 is 11.6 Å². The molecule has 1 rings (SSSR count). The first-order valence-corrected chi connectivity index (χ1v) is 7.41.